The molecule has 1 N–H and O–H groups in total. The van der Waals surface area contributed by atoms with Crippen LogP contribution in [0.5, 0.6) is 0 Å². The minimum Gasteiger partial charge on any atom is -0.367 e. The molecule has 0 bridgehead atoms. The molecule has 3 aromatic carbocycles. The van der Waals surface area contributed by atoms with Gasteiger partial charge < -0.3 is 14.5 Å². The van der Waals surface area contributed by atoms with Gasteiger partial charge >= 0.3 is 0 Å². The number of rotatable bonds is 8. The zero-order chi connectivity index (χ0) is 25.2. The molecule has 1 heterocycles. The lowest BCUT2D eigenvalue weighted by atomic mass is 10.1. The first-order valence-electron chi connectivity index (χ1n) is 10.2. The van der Waals surface area contributed by atoms with Crippen molar-refractivity contribution in [1.29, 1.82) is 0 Å². The molecule has 35 heavy (non-hydrogen) atoms. The van der Waals surface area contributed by atoms with E-state index in [1.54, 1.807) is 24.7 Å². The lowest BCUT2D eigenvalue weighted by Crippen LogP contribution is -2.12. The molecule has 4 rings (SSSR count). The molecule has 4 aromatic rings. The monoisotopic (exact) mass is 533 g/mol. The summed E-state index contributed by atoms with van der Waals surface area (Å²) in [5.74, 6) is 0. The lowest BCUT2D eigenvalue weighted by molar-refractivity contribution is -0.742. The van der Waals surface area contributed by atoms with Gasteiger partial charge in [0.15, 0.2) is 0 Å². The number of nitrogens with zero attached hydrogens (tertiary/aromatic N) is 3. The van der Waals surface area contributed by atoms with E-state index in [9.17, 15) is 4.21 Å². The van der Waals surface area contributed by atoms with Crippen LogP contribution >= 0.6 is 23.2 Å². The fourth-order valence-electron chi connectivity index (χ4n) is 3.18. The predicted octanol–water partition coefficient (Wildman–Crippen LogP) is 5.97. The summed E-state index contributed by atoms with van der Waals surface area (Å²) in [6.45, 7) is 0.952. The highest BCUT2D eigenvalue weighted by Crippen LogP contribution is 2.30. The Morgan fingerprint density at radius 3 is 2.31 bits per heavy atom. The second-order valence-corrected chi connectivity index (χ2v) is 9.51. The van der Waals surface area contributed by atoms with Crippen LogP contribution in [-0.2, 0) is 28.7 Å². The van der Waals surface area contributed by atoms with Crippen molar-refractivity contribution >= 4 is 34.0 Å². The first-order chi connectivity index (χ1) is 16.8. The highest BCUT2D eigenvalue weighted by molar-refractivity contribution is 7.85. The molecule has 0 aliphatic carbocycles. The molecule has 0 saturated heterocycles. The summed E-state index contributed by atoms with van der Waals surface area (Å²) in [6.07, 6.45) is 5.07. The van der Waals surface area contributed by atoms with E-state index in [2.05, 4.69) is 4.98 Å². The van der Waals surface area contributed by atoms with E-state index in [0.717, 1.165) is 20.9 Å². The van der Waals surface area contributed by atoms with Crippen molar-refractivity contribution in [3.63, 3.8) is 0 Å². The lowest BCUT2D eigenvalue weighted by Gasteiger charge is -2.20. The SMILES string of the molecule is O=S(c1ccccc1)c1ccc(COC(Cn2ccnc2)c2ccc(Cl)cc2Cl)cc1.O=[N+]([O-])O. The molecule has 1 aromatic heterocycles. The van der Waals surface area contributed by atoms with E-state index in [-0.39, 0.29) is 6.10 Å². The number of aromatic nitrogens is 2. The molecule has 0 saturated carbocycles. The summed E-state index contributed by atoms with van der Waals surface area (Å²) in [6, 6.07) is 22.5. The minimum atomic E-state index is -1.50. The van der Waals surface area contributed by atoms with E-state index in [4.69, 9.17) is 43.3 Å². The number of halogens is 2. The summed E-state index contributed by atoms with van der Waals surface area (Å²) >= 11 is 12.5. The molecule has 2 unspecified atom stereocenters. The van der Waals surface area contributed by atoms with Gasteiger partial charge in [-0.05, 0) is 42.0 Å². The molecule has 8 nitrogen and oxygen atoms in total. The van der Waals surface area contributed by atoms with E-state index in [1.165, 1.54) is 0 Å². The second-order valence-electron chi connectivity index (χ2n) is 7.19. The molecular formula is C24H21Cl2N3O5S. The van der Waals surface area contributed by atoms with E-state index in [0.29, 0.717) is 23.2 Å². The molecule has 0 amide bonds. The smallest absolute Gasteiger partial charge is 0.291 e. The van der Waals surface area contributed by atoms with Gasteiger partial charge in [0.25, 0.3) is 5.09 Å². The minimum absolute atomic E-state index is 0.280. The maximum atomic E-state index is 12.7. The average Bonchev–Trinajstić information content (AvgIpc) is 3.35. The summed E-state index contributed by atoms with van der Waals surface area (Å²) < 4.78 is 20.9. The Balaban J connectivity index is 0.000000795. The first kappa shape index (κ1) is 26.4. The normalized spacial score (nSPS) is 12.3. The topological polar surface area (TPSA) is 107 Å². The van der Waals surface area contributed by atoms with Crippen LogP contribution in [0.15, 0.2) is 101 Å². The van der Waals surface area contributed by atoms with Gasteiger partial charge in [-0.15, -0.1) is 10.1 Å². The van der Waals surface area contributed by atoms with Crippen LogP contribution in [0.1, 0.15) is 17.2 Å². The summed E-state index contributed by atoms with van der Waals surface area (Å²) in [5.41, 5.74) is 1.84. The van der Waals surface area contributed by atoms with Crippen LogP contribution in [0.25, 0.3) is 0 Å². The van der Waals surface area contributed by atoms with Gasteiger partial charge in [0, 0.05) is 37.8 Å². The Labute approximate surface area is 214 Å². The van der Waals surface area contributed by atoms with Crippen molar-refractivity contribution in [2.75, 3.05) is 0 Å². The Morgan fingerprint density at radius 2 is 1.71 bits per heavy atom. The third-order valence-electron chi connectivity index (χ3n) is 4.79. The second kappa shape index (κ2) is 13.0. The van der Waals surface area contributed by atoms with Gasteiger partial charge in [-0.3, -0.25) is 0 Å². The van der Waals surface area contributed by atoms with Crippen molar-refractivity contribution in [1.82, 2.24) is 9.55 Å². The Morgan fingerprint density at radius 1 is 1.06 bits per heavy atom. The fourth-order valence-corrected chi connectivity index (χ4v) is 4.77. The fraction of sp³-hybridized carbons (Fsp3) is 0.125. The van der Waals surface area contributed by atoms with Crippen LogP contribution < -0.4 is 0 Å². The molecule has 0 spiro atoms. The number of hydrogen-bond donors (Lipinski definition) is 1. The molecule has 0 radical (unpaired) electrons. The van der Waals surface area contributed by atoms with Crippen LogP contribution in [0, 0.1) is 10.1 Å². The molecule has 11 heteroatoms. The van der Waals surface area contributed by atoms with Crippen molar-refractivity contribution in [3.8, 4) is 0 Å². The van der Waals surface area contributed by atoms with Crippen molar-refractivity contribution in [2.45, 2.75) is 29.0 Å². The van der Waals surface area contributed by atoms with Gasteiger partial charge in [0.1, 0.15) is 6.10 Å². The molecule has 2 atom stereocenters. The van der Waals surface area contributed by atoms with Crippen molar-refractivity contribution in [2.24, 2.45) is 0 Å². The molecule has 0 aliphatic rings. The van der Waals surface area contributed by atoms with Gasteiger partial charge in [0.2, 0.25) is 0 Å². The van der Waals surface area contributed by atoms with Crippen LogP contribution in [0.2, 0.25) is 10.0 Å². The Hall–Kier alpha value is -3.24. The molecule has 182 valence electrons. The van der Waals surface area contributed by atoms with Gasteiger partial charge in [-0.2, -0.15) is 0 Å². The maximum Gasteiger partial charge on any atom is 0.291 e. The first-order valence-corrected chi connectivity index (χ1v) is 12.2. The number of hydrogen-bond acceptors (Lipinski definition) is 5. The number of benzene rings is 3. The average molecular weight is 534 g/mol. The van der Waals surface area contributed by atoms with Gasteiger partial charge in [-0.1, -0.05) is 59.6 Å². The van der Waals surface area contributed by atoms with Gasteiger partial charge in [-0.25, -0.2) is 9.19 Å². The Kier molecular flexibility index (Phi) is 9.80. The highest BCUT2D eigenvalue weighted by atomic mass is 35.5. The maximum absolute atomic E-state index is 12.7. The summed E-state index contributed by atoms with van der Waals surface area (Å²) in [5, 5.41) is 14.8. The van der Waals surface area contributed by atoms with Crippen LogP contribution in [0.3, 0.4) is 0 Å². The quantitative estimate of drug-likeness (QED) is 0.221. The molecular weight excluding hydrogens is 513 g/mol. The van der Waals surface area contributed by atoms with Gasteiger partial charge in [0.05, 0.1) is 30.3 Å². The van der Waals surface area contributed by atoms with Crippen molar-refractivity contribution < 1.29 is 19.2 Å². The largest absolute Gasteiger partial charge is 0.367 e. The van der Waals surface area contributed by atoms with E-state index >= 15 is 0 Å². The highest BCUT2D eigenvalue weighted by Gasteiger charge is 2.17. The number of ether oxygens (including phenoxy) is 1. The van der Waals surface area contributed by atoms with Crippen LogP contribution in [0.4, 0.5) is 0 Å². The van der Waals surface area contributed by atoms with E-state index < -0.39 is 15.9 Å². The van der Waals surface area contributed by atoms with Crippen molar-refractivity contribution in [3.05, 3.63) is 123 Å². The zero-order valence-electron chi connectivity index (χ0n) is 18.2. The summed E-state index contributed by atoms with van der Waals surface area (Å²) in [7, 11) is -1.21. The molecule has 0 fully saturated rings. The zero-order valence-corrected chi connectivity index (χ0v) is 20.6. The predicted molar refractivity (Wildman–Crippen MR) is 133 cm³/mol. The molecule has 0 aliphatic heterocycles. The Bertz CT molecular complexity index is 1250. The standard InChI is InChI=1S/C24H20Cl2N2O2S.HNO3/c25-19-8-11-22(23(26)14-19)24(15-28-13-12-27-17-28)30-16-18-6-9-21(10-7-18)31(29)20-4-2-1-3-5-20;2-1(3)4/h1-14,17,24H,15-16H2;(H,2,3,4). The third kappa shape index (κ3) is 8.18. The number of imidazole rings is 1. The van der Waals surface area contributed by atoms with E-state index in [1.807, 2.05) is 71.4 Å². The van der Waals surface area contributed by atoms with Crippen LogP contribution in [-0.4, -0.2) is 24.1 Å². The third-order valence-corrected chi connectivity index (χ3v) is 6.75. The summed E-state index contributed by atoms with van der Waals surface area (Å²) in [4.78, 5) is 14.0.